The molecule has 0 aliphatic heterocycles. The van der Waals surface area contributed by atoms with Crippen molar-refractivity contribution < 1.29 is 14.4 Å². The van der Waals surface area contributed by atoms with Gasteiger partial charge in [-0.05, 0) is 36.1 Å². The Morgan fingerprint density at radius 3 is 2.32 bits per heavy atom. The Morgan fingerprint density at radius 2 is 1.60 bits per heavy atom. The number of carbonyl (C=O) groups excluding carboxylic acids is 2. The monoisotopic (exact) mass is 338 g/mol. The summed E-state index contributed by atoms with van der Waals surface area (Å²) in [4.78, 5) is 30.4. The zero-order valence-electron chi connectivity index (χ0n) is 14.1. The van der Waals surface area contributed by atoms with Crippen LogP contribution >= 0.6 is 0 Å². The van der Waals surface area contributed by atoms with Crippen LogP contribution in [0.2, 0.25) is 0 Å². The maximum absolute atomic E-state index is 11.7. The number of benzene rings is 2. The highest BCUT2D eigenvalue weighted by molar-refractivity contribution is 5.75. The fourth-order valence-electron chi connectivity index (χ4n) is 2.39. The van der Waals surface area contributed by atoms with Gasteiger partial charge >= 0.3 is 0 Å². The lowest BCUT2D eigenvalue weighted by Gasteiger charge is -2.08. The van der Waals surface area contributed by atoms with Gasteiger partial charge in [0.1, 0.15) is 0 Å². The number of aliphatic imine (C=N–C) groups is 1. The molecular weight excluding hydrogens is 316 g/mol. The summed E-state index contributed by atoms with van der Waals surface area (Å²) < 4.78 is 0. The summed E-state index contributed by atoms with van der Waals surface area (Å²) in [5.74, 6) is 0.456. The van der Waals surface area contributed by atoms with E-state index in [0.29, 0.717) is 18.7 Å². The first kappa shape index (κ1) is 18.4. The van der Waals surface area contributed by atoms with Gasteiger partial charge in [-0.1, -0.05) is 55.3 Å². The second-order valence-corrected chi connectivity index (χ2v) is 5.65. The van der Waals surface area contributed by atoms with Gasteiger partial charge in [0.25, 0.3) is 5.91 Å². The van der Waals surface area contributed by atoms with Gasteiger partial charge in [-0.25, -0.2) is 9.79 Å². The molecule has 0 aliphatic carbocycles. The van der Waals surface area contributed by atoms with Gasteiger partial charge in [0, 0.05) is 6.42 Å². The van der Waals surface area contributed by atoms with E-state index in [-0.39, 0.29) is 5.91 Å². The number of isocyanates is 1. The first-order chi connectivity index (χ1) is 12.3. The lowest BCUT2D eigenvalue weighted by atomic mass is 10.1. The molecule has 1 amide bonds. The van der Waals surface area contributed by atoms with E-state index in [1.54, 1.807) is 0 Å². The van der Waals surface area contributed by atoms with E-state index < -0.39 is 0 Å². The van der Waals surface area contributed by atoms with E-state index in [2.05, 4.69) is 10.5 Å². The van der Waals surface area contributed by atoms with Gasteiger partial charge in [0.05, 0.1) is 6.54 Å². The Balaban J connectivity index is 1.65. The third-order valence-corrected chi connectivity index (χ3v) is 3.73. The molecule has 130 valence electrons. The quantitative estimate of drug-likeness (QED) is 0.307. The third-order valence-electron chi connectivity index (χ3n) is 3.73. The Bertz CT molecular complexity index is 693. The van der Waals surface area contributed by atoms with E-state index >= 15 is 0 Å². The van der Waals surface area contributed by atoms with Crippen LogP contribution in [-0.2, 0) is 9.59 Å². The number of carbonyl (C=O) groups is 1. The van der Waals surface area contributed by atoms with E-state index in [9.17, 15) is 9.59 Å². The highest BCUT2D eigenvalue weighted by atomic mass is 16.7. The molecule has 25 heavy (non-hydrogen) atoms. The summed E-state index contributed by atoms with van der Waals surface area (Å²) in [7, 11) is 0. The first-order valence-electron chi connectivity index (χ1n) is 8.44. The highest BCUT2D eigenvalue weighted by Crippen LogP contribution is 2.21. The van der Waals surface area contributed by atoms with Gasteiger partial charge < -0.3 is 4.84 Å². The number of unbranched alkanes of at least 4 members (excludes halogenated alkanes) is 3. The molecule has 0 saturated heterocycles. The lowest BCUT2D eigenvalue weighted by Crippen LogP contribution is -2.26. The molecule has 0 spiro atoms. The zero-order valence-corrected chi connectivity index (χ0v) is 14.1. The maximum Gasteiger partial charge on any atom is 0.252 e. The smallest absolute Gasteiger partial charge is 0.252 e. The van der Waals surface area contributed by atoms with Crippen LogP contribution in [-0.4, -0.2) is 18.5 Å². The summed E-state index contributed by atoms with van der Waals surface area (Å²) >= 11 is 0. The molecule has 0 fully saturated rings. The maximum atomic E-state index is 11.7. The molecule has 0 saturated carbocycles. The fraction of sp³-hybridized carbons (Fsp3) is 0.300. The van der Waals surface area contributed by atoms with Gasteiger partial charge in [0.15, 0.2) is 5.75 Å². The molecule has 2 aromatic rings. The van der Waals surface area contributed by atoms with Crippen molar-refractivity contribution in [2.45, 2.75) is 32.1 Å². The van der Waals surface area contributed by atoms with Crippen molar-refractivity contribution in [2.75, 3.05) is 6.54 Å². The number of nitrogens with zero attached hydrogens (tertiary/aromatic N) is 1. The van der Waals surface area contributed by atoms with Crippen LogP contribution in [0.4, 0.5) is 0 Å². The molecule has 0 bridgehead atoms. The van der Waals surface area contributed by atoms with Crippen LogP contribution in [0.1, 0.15) is 32.1 Å². The second-order valence-electron chi connectivity index (χ2n) is 5.65. The van der Waals surface area contributed by atoms with Gasteiger partial charge in [-0.2, -0.15) is 5.48 Å². The molecule has 2 aromatic carbocycles. The summed E-state index contributed by atoms with van der Waals surface area (Å²) in [5.41, 5.74) is 4.69. The zero-order chi connectivity index (χ0) is 17.7. The van der Waals surface area contributed by atoms with Gasteiger partial charge in [0.2, 0.25) is 6.08 Å². The Morgan fingerprint density at radius 1 is 0.920 bits per heavy atom. The Hall–Kier alpha value is -2.91. The van der Waals surface area contributed by atoms with Crippen molar-refractivity contribution in [1.29, 1.82) is 0 Å². The summed E-state index contributed by atoms with van der Waals surface area (Å²) in [6.45, 7) is 0.512. The number of hydroxylamine groups is 1. The molecule has 0 aliphatic rings. The average molecular weight is 338 g/mol. The number of rotatable bonds is 10. The van der Waals surface area contributed by atoms with Crippen LogP contribution in [0.15, 0.2) is 59.6 Å². The van der Waals surface area contributed by atoms with Gasteiger partial charge in [-0.15, -0.1) is 0 Å². The largest absolute Gasteiger partial charge is 0.380 e. The minimum absolute atomic E-state index is 0.141. The van der Waals surface area contributed by atoms with Crippen molar-refractivity contribution in [2.24, 2.45) is 4.99 Å². The molecule has 5 nitrogen and oxygen atoms in total. The van der Waals surface area contributed by atoms with Crippen LogP contribution in [0, 0.1) is 0 Å². The number of nitrogens with one attached hydrogen (secondary N) is 1. The molecule has 0 atom stereocenters. The predicted molar refractivity (Wildman–Crippen MR) is 96.7 cm³/mol. The van der Waals surface area contributed by atoms with E-state index in [1.807, 2.05) is 54.6 Å². The number of amides is 1. The SMILES string of the molecule is O=C=NCCCCCCC(=O)NOc1ccc(-c2ccccc2)cc1. The van der Waals surface area contributed by atoms with Crippen LogP contribution in [0.25, 0.3) is 11.1 Å². The Labute approximate surface area is 147 Å². The van der Waals surface area contributed by atoms with Crippen LogP contribution < -0.4 is 10.3 Å². The molecule has 0 unspecified atom stereocenters. The van der Waals surface area contributed by atoms with E-state index in [0.717, 1.165) is 36.8 Å². The standard InChI is InChI=1S/C20H22N2O3/c23-16-21-15-7-2-1-6-10-20(24)22-25-19-13-11-18(12-14-19)17-8-4-3-5-9-17/h3-5,8-9,11-14H,1-2,6-7,10,15H2,(H,22,24). The minimum atomic E-state index is -0.141. The molecule has 0 heterocycles. The summed E-state index contributed by atoms with van der Waals surface area (Å²) in [5, 5.41) is 0. The molecule has 1 N–H and O–H groups in total. The second kappa shape index (κ2) is 10.8. The van der Waals surface area contributed by atoms with Crippen molar-refractivity contribution >= 4 is 12.0 Å². The average Bonchev–Trinajstić information content (AvgIpc) is 2.67. The van der Waals surface area contributed by atoms with Crippen LogP contribution in [0.5, 0.6) is 5.75 Å². The molecule has 5 heteroatoms. The summed E-state index contributed by atoms with van der Waals surface area (Å²) in [6, 6.07) is 17.6. The lowest BCUT2D eigenvalue weighted by molar-refractivity contribution is -0.127. The van der Waals surface area contributed by atoms with E-state index in [1.165, 1.54) is 6.08 Å². The van der Waals surface area contributed by atoms with Crippen molar-refractivity contribution in [1.82, 2.24) is 5.48 Å². The van der Waals surface area contributed by atoms with Crippen molar-refractivity contribution in [3.05, 3.63) is 54.6 Å². The van der Waals surface area contributed by atoms with Gasteiger partial charge in [-0.3, -0.25) is 4.79 Å². The molecular formula is C20H22N2O3. The normalized spacial score (nSPS) is 9.92. The van der Waals surface area contributed by atoms with E-state index in [4.69, 9.17) is 4.84 Å². The minimum Gasteiger partial charge on any atom is -0.380 e. The highest BCUT2D eigenvalue weighted by Gasteiger charge is 2.03. The molecule has 0 aromatic heterocycles. The topological polar surface area (TPSA) is 67.8 Å². The number of hydrogen-bond donors (Lipinski definition) is 1. The number of hydrogen-bond acceptors (Lipinski definition) is 4. The van der Waals surface area contributed by atoms with Crippen molar-refractivity contribution in [3.63, 3.8) is 0 Å². The third kappa shape index (κ3) is 7.02. The predicted octanol–water partition coefficient (Wildman–Crippen LogP) is 4.05. The molecule has 2 rings (SSSR count). The van der Waals surface area contributed by atoms with Crippen LogP contribution in [0.3, 0.4) is 0 Å². The van der Waals surface area contributed by atoms with Crippen molar-refractivity contribution in [3.8, 4) is 16.9 Å². The Kier molecular flexibility index (Phi) is 7.95. The fourth-order valence-corrected chi connectivity index (χ4v) is 2.39. The first-order valence-corrected chi connectivity index (χ1v) is 8.44. The molecule has 0 radical (unpaired) electrons. The summed E-state index contributed by atoms with van der Waals surface area (Å²) in [6.07, 6.45) is 5.43.